The summed E-state index contributed by atoms with van der Waals surface area (Å²) in [5.41, 5.74) is 6.90. The van der Waals surface area contributed by atoms with E-state index in [0.29, 0.717) is 5.82 Å². The first kappa shape index (κ1) is 11.5. The van der Waals surface area contributed by atoms with Gasteiger partial charge in [-0.2, -0.15) is 5.10 Å². The van der Waals surface area contributed by atoms with E-state index in [0.717, 1.165) is 20.9 Å². The molecule has 3 nitrogen and oxygen atoms in total. The molecule has 0 aliphatic carbocycles. The molecule has 0 unspecified atom stereocenters. The molecule has 0 fully saturated rings. The predicted octanol–water partition coefficient (Wildman–Crippen LogP) is 3.33. The van der Waals surface area contributed by atoms with Crippen LogP contribution in [0.25, 0.3) is 5.69 Å². The Morgan fingerprint density at radius 1 is 1.44 bits per heavy atom. The quantitative estimate of drug-likeness (QED) is 0.884. The molecule has 2 N–H and O–H groups in total. The smallest absolute Gasteiger partial charge is 0.128 e. The number of para-hydroxylation sites is 1. The Morgan fingerprint density at radius 2 is 2.19 bits per heavy atom. The number of nitrogens with two attached hydrogens (primary N) is 1. The lowest BCUT2D eigenvalue weighted by atomic mass is 10.3. The predicted molar refractivity (Wildman–Crippen MR) is 72.1 cm³/mol. The lowest BCUT2D eigenvalue weighted by Crippen LogP contribution is -2.02. The third kappa shape index (κ3) is 2.25. The summed E-state index contributed by atoms with van der Waals surface area (Å²) in [6.07, 6.45) is 0. The Bertz CT molecular complexity index is 496. The Kier molecular flexibility index (Phi) is 3.56. The second-order valence-electron chi connectivity index (χ2n) is 3.20. The summed E-state index contributed by atoms with van der Waals surface area (Å²) < 4.78 is 2.74. The minimum absolute atomic E-state index is 0.655. The van der Waals surface area contributed by atoms with Crippen molar-refractivity contribution in [2.45, 2.75) is 11.9 Å². The fourth-order valence-electron chi connectivity index (χ4n) is 1.41. The van der Waals surface area contributed by atoms with Crippen LogP contribution in [0.15, 0.2) is 39.8 Å². The first-order valence-corrected chi connectivity index (χ1v) is 6.73. The molecular formula is C11H12BrN3S. The molecule has 1 aromatic carbocycles. The fraction of sp³-hybridized carbons (Fsp3) is 0.182. The molecule has 2 rings (SSSR count). The average molecular weight is 298 g/mol. The molecule has 1 aromatic heterocycles. The first-order chi connectivity index (χ1) is 7.72. The van der Waals surface area contributed by atoms with Crippen LogP contribution in [-0.4, -0.2) is 15.5 Å². The summed E-state index contributed by atoms with van der Waals surface area (Å²) in [6, 6.07) is 9.79. The van der Waals surface area contributed by atoms with Crippen LogP contribution in [0, 0.1) is 0 Å². The molecule has 0 atom stereocenters. The van der Waals surface area contributed by atoms with E-state index < -0.39 is 0 Å². The van der Waals surface area contributed by atoms with Gasteiger partial charge in [-0.05, 0) is 33.8 Å². The summed E-state index contributed by atoms with van der Waals surface area (Å²) in [6.45, 7) is 2.10. The molecule has 0 saturated carbocycles. The lowest BCUT2D eigenvalue weighted by molar-refractivity contribution is 0.842. The highest BCUT2D eigenvalue weighted by molar-refractivity contribution is 9.10. The van der Waals surface area contributed by atoms with Gasteiger partial charge in [-0.25, -0.2) is 4.68 Å². The van der Waals surface area contributed by atoms with Crippen molar-refractivity contribution in [1.82, 2.24) is 9.78 Å². The van der Waals surface area contributed by atoms with Gasteiger partial charge in [0.1, 0.15) is 10.8 Å². The van der Waals surface area contributed by atoms with Crippen LogP contribution >= 0.6 is 27.7 Å². The molecule has 0 spiro atoms. The van der Waals surface area contributed by atoms with Crippen molar-refractivity contribution in [3.63, 3.8) is 0 Å². The Balaban J connectivity index is 2.44. The SMILES string of the molecule is CCSc1cc(N)n(-c2ccccc2Br)n1. The molecule has 0 saturated heterocycles. The van der Waals surface area contributed by atoms with Gasteiger partial charge in [0.15, 0.2) is 0 Å². The van der Waals surface area contributed by atoms with E-state index in [1.807, 2.05) is 30.3 Å². The van der Waals surface area contributed by atoms with Gasteiger partial charge in [-0.1, -0.05) is 19.1 Å². The number of halogens is 1. The van der Waals surface area contributed by atoms with E-state index in [2.05, 4.69) is 28.0 Å². The van der Waals surface area contributed by atoms with Gasteiger partial charge in [0.05, 0.1) is 5.69 Å². The maximum absolute atomic E-state index is 5.94. The van der Waals surface area contributed by atoms with Gasteiger partial charge in [0.25, 0.3) is 0 Å². The number of thioether (sulfide) groups is 1. The zero-order chi connectivity index (χ0) is 11.5. The molecule has 2 aromatic rings. The van der Waals surface area contributed by atoms with E-state index in [1.165, 1.54) is 0 Å². The maximum Gasteiger partial charge on any atom is 0.128 e. The summed E-state index contributed by atoms with van der Waals surface area (Å²) in [5.74, 6) is 1.65. The second kappa shape index (κ2) is 4.93. The van der Waals surface area contributed by atoms with E-state index in [-0.39, 0.29) is 0 Å². The van der Waals surface area contributed by atoms with E-state index in [1.54, 1.807) is 16.4 Å². The number of aromatic nitrogens is 2. The molecule has 0 amide bonds. The highest BCUT2D eigenvalue weighted by Crippen LogP contribution is 2.26. The summed E-state index contributed by atoms with van der Waals surface area (Å²) in [7, 11) is 0. The molecule has 16 heavy (non-hydrogen) atoms. The molecule has 1 heterocycles. The van der Waals surface area contributed by atoms with Crippen LogP contribution in [0.5, 0.6) is 0 Å². The Labute approximate surface area is 107 Å². The average Bonchev–Trinajstić information content (AvgIpc) is 2.61. The fourth-order valence-corrected chi connectivity index (χ4v) is 2.50. The molecule has 0 radical (unpaired) electrons. The Hall–Kier alpha value is -0.940. The molecule has 0 aliphatic rings. The van der Waals surface area contributed by atoms with Crippen LogP contribution in [0.4, 0.5) is 5.82 Å². The highest BCUT2D eigenvalue weighted by atomic mass is 79.9. The third-order valence-corrected chi connectivity index (χ3v) is 3.54. The zero-order valence-electron chi connectivity index (χ0n) is 8.85. The summed E-state index contributed by atoms with van der Waals surface area (Å²) in [4.78, 5) is 0. The number of nitrogens with zero attached hydrogens (tertiary/aromatic N) is 2. The van der Waals surface area contributed by atoms with Crippen molar-refractivity contribution < 1.29 is 0 Å². The van der Waals surface area contributed by atoms with Gasteiger partial charge >= 0.3 is 0 Å². The van der Waals surface area contributed by atoms with Crippen molar-refractivity contribution in [3.8, 4) is 5.69 Å². The summed E-state index contributed by atoms with van der Waals surface area (Å²) in [5, 5.41) is 5.41. The van der Waals surface area contributed by atoms with E-state index in [4.69, 9.17) is 5.73 Å². The lowest BCUT2D eigenvalue weighted by Gasteiger charge is -2.05. The van der Waals surface area contributed by atoms with Gasteiger partial charge < -0.3 is 5.73 Å². The molecular weight excluding hydrogens is 286 g/mol. The van der Waals surface area contributed by atoms with Crippen LogP contribution < -0.4 is 5.73 Å². The number of hydrogen-bond acceptors (Lipinski definition) is 3. The van der Waals surface area contributed by atoms with Crippen molar-refractivity contribution in [2.24, 2.45) is 0 Å². The van der Waals surface area contributed by atoms with Gasteiger partial charge in [0.2, 0.25) is 0 Å². The molecule has 84 valence electrons. The number of anilines is 1. The van der Waals surface area contributed by atoms with E-state index >= 15 is 0 Å². The van der Waals surface area contributed by atoms with Gasteiger partial charge in [-0.15, -0.1) is 11.8 Å². The maximum atomic E-state index is 5.94. The van der Waals surface area contributed by atoms with Crippen LogP contribution in [0.2, 0.25) is 0 Å². The van der Waals surface area contributed by atoms with Crippen molar-refractivity contribution in [1.29, 1.82) is 0 Å². The number of benzene rings is 1. The standard InChI is InChI=1S/C11H12BrN3S/c1-2-16-11-7-10(13)15(14-11)9-6-4-3-5-8(9)12/h3-7H,2,13H2,1H3. The van der Waals surface area contributed by atoms with Crippen molar-refractivity contribution in [2.75, 3.05) is 11.5 Å². The molecule has 5 heteroatoms. The summed E-state index contributed by atoms with van der Waals surface area (Å²) >= 11 is 5.18. The topological polar surface area (TPSA) is 43.8 Å². The van der Waals surface area contributed by atoms with Gasteiger partial charge in [0, 0.05) is 10.5 Å². The second-order valence-corrected chi connectivity index (χ2v) is 5.34. The van der Waals surface area contributed by atoms with E-state index in [9.17, 15) is 0 Å². The van der Waals surface area contributed by atoms with Gasteiger partial charge in [-0.3, -0.25) is 0 Å². The normalized spacial score (nSPS) is 10.6. The highest BCUT2D eigenvalue weighted by Gasteiger charge is 2.08. The molecule has 0 bridgehead atoms. The zero-order valence-corrected chi connectivity index (χ0v) is 11.3. The number of rotatable bonds is 3. The van der Waals surface area contributed by atoms with Crippen molar-refractivity contribution in [3.05, 3.63) is 34.8 Å². The van der Waals surface area contributed by atoms with Crippen LogP contribution in [0.1, 0.15) is 6.92 Å². The third-order valence-electron chi connectivity index (χ3n) is 2.09. The van der Waals surface area contributed by atoms with Crippen LogP contribution in [0.3, 0.4) is 0 Å². The Morgan fingerprint density at radius 3 is 2.88 bits per heavy atom. The minimum Gasteiger partial charge on any atom is -0.384 e. The molecule has 0 aliphatic heterocycles. The van der Waals surface area contributed by atoms with Crippen LogP contribution in [-0.2, 0) is 0 Å². The largest absolute Gasteiger partial charge is 0.384 e. The number of hydrogen-bond donors (Lipinski definition) is 1. The first-order valence-electron chi connectivity index (χ1n) is 4.95. The number of nitrogen functional groups attached to an aromatic ring is 1. The van der Waals surface area contributed by atoms with Crippen molar-refractivity contribution >= 4 is 33.5 Å². The monoisotopic (exact) mass is 297 g/mol. The minimum atomic E-state index is 0.655.